The van der Waals surface area contributed by atoms with Crippen molar-refractivity contribution in [3.05, 3.63) is 24.2 Å². The van der Waals surface area contributed by atoms with Crippen LogP contribution in [-0.4, -0.2) is 29.6 Å². The van der Waals surface area contributed by atoms with Crippen molar-refractivity contribution >= 4 is 19.2 Å². The third-order valence-corrected chi connectivity index (χ3v) is 4.26. The maximum atomic E-state index is 5.64. The van der Waals surface area contributed by atoms with E-state index in [2.05, 4.69) is 34.6 Å². The maximum Gasteiger partial charge on any atom is 0.156 e. The zero-order valence-electron chi connectivity index (χ0n) is 10.7. The van der Waals surface area contributed by atoms with Gasteiger partial charge in [-0.15, -0.1) is 0 Å². The van der Waals surface area contributed by atoms with Gasteiger partial charge in [-0.3, -0.25) is 0 Å². The largest absolute Gasteiger partial charge is 0.375 e. The Morgan fingerprint density at radius 2 is 2.18 bits per heavy atom. The molecule has 0 saturated carbocycles. The van der Waals surface area contributed by atoms with Crippen LogP contribution in [0, 0.1) is 0 Å². The Morgan fingerprint density at radius 1 is 1.35 bits per heavy atom. The van der Waals surface area contributed by atoms with Gasteiger partial charge in [0.05, 0.1) is 18.5 Å². The molecule has 0 aliphatic heterocycles. The van der Waals surface area contributed by atoms with Gasteiger partial charge in [-0.05, 0) is 12.1 Å². The molecule has 5 heteroatoms. The van der Waals surface area contributed by atoms with Crippen LogP contribution in [0.4, 0.5) is 0 Å². The van der Waals surface area contributed by atoms with Crippen LogP contribution in [0.1, 0.15) is 5.69 Å². The molecule has 0 amide bonds. The second-order valence-electron chi connectivity index (χ2n) is 5.44. The Balaban J connectivity index is 1.86. The summed E-state index contributed by atoms with van der Waals surface area (Å²) in [6.45, 7) is 8.42. The summed E-state index contributed by atoms with van der Waals surface area (Å²) in [4.78, 5) is 11.8. The number of hydrogen-bond donors (Lipinski definition) is 1. The van der Waals surface area contributed by atoms with Gasteiger partial charge in [-0.2, -0.15) is 0 Å². The van der Waals surface area contributed by atoms with Crippen LogP contribution in [0.25, 0.3) is 11.2 Å². The number of fused-ring (bicyclic) bond motifs is 1. The molecule has 0 atom stereocenters. The lowest BCUT2D eigenvalue weighted by Crippen LogP contribution is -2.21. The van der Waals surface area contributed by atoms with Gasteiger partial charge in [0.15, 0.2) is 5.65 Å². The predicted molar refractivity (Wildman–Crippen MR) is 71.7 cm³/mol. The van der Waals surface area contributed by atoms with Crippen LogP contribution < -0.4 is 0 Å². The van der Waals surface area contributed by atoms with Crippen molar-refractivity contribution in [3.8, 4) is 0 Å². The summed E-state index contributed by atoms with van der Waals surface area (Å²) in [5.41, 5.74) is 2.62. The summed E-state index contributed by atoms with van der Waals surface area (Å²) < 4.78 is 5.64. The van der Waals surface area contributed by atoms with Crippen LogP contribution >= 0.6 is 0 Å². The Hall–Kier alpha value is -1.20. The summed E-state index contributed by atoms with van der Waals surface area (Å²) in [5, 5.41) is 0. The number of ether oxygens (including phenoxy) is 1. The van der Waals surface area contributed by atoms with Gasteiger partial charge in [-0.1, -0.05) is 19.6 Å². The molecule has 0 aliphatic rings. The number of H-pyrrole nitrogens is 1. The van der Waals surface area contributed by atoms with E-state index in [1.165, 1.54) is 6.04 Å². The monoisotopic (exact) mass is 249 g/mol. The van der Waals surface area contributed by atoms with Gasteiger partial charge in [-0.25, -0.2) is 9.97 Å². The topological polar surface area (TPSA) is 50.8 Å². The van der Waals surface area contributed by atoms with Crippen molar-refractivity contribution in [2.24, 2.45) is 0 Å². The zero-order valence-corrected chi connectivity index (χ0v) is 11.7. The fourth-order valence-corrected chi connectivity index (χ4v) is 2.25. The number of aromatic nitrogens is 3. The van der Waals surface area contributed by atoms with E-state index in [9.17, 15) is 0 Å². The van der Waals surface area contributed by atoms with Crippen molar-refractivity contribution in [2.45, 2.75) is 32.3 Å². The average Bonchev–Trinajstić information content (AvgIpc) is 2.70. The third kappa shape index (κ3) is 3.64. The number of rotatable bonds is 5. The molecule has 0 aliphatic carbocycles. The fraction of sp³-hybridized carbons (Fsp3) is 0.500. The van der Waals surface area contributed by atoms with E-state index in [0.717, 1.165) is 23.5 Å². The van der Waals surface area contributed by atoms with Crippen LogP contribution in [-0.2, 0) is 11.3 Å². The molecule has 2 rings (SSSR count). The number of aromatic amines is 1. The molecule has 0 radical (unpaired) electrons. The normalized spacial score (nSPS) is 12.2. The summed E-state index contributed by atoms with van der Waals surface area (Å²) >= 11 is 0. The van der Waals surface area contributed by atoms with E-state index in [4.69, 9.17) is 4.74 Å². The minimum Gasteiger partial charge on any atom is -0.375 e. The first-order valence-electron chi connectivity index (χ1n) is 5.91. The quantitative estimate of drug-likeness (QED) is 0.655. The highest BCUT2D eigenvalue weighted by molar-refractivity contribution is 6.76. The van der Waals surface area contributed by atoms with Gasteiger partial charge in [0.1, 0.15) is 5.52 Å². The molecule has 0 saturated heterocycles. The van der Waals surface area contributed by atoms with E-state index in [1.807, 2.05) is 12.3 Å². The fourth-order valence-electron chi connectivity index (χ4n) is 1.49. The molecule has 0 spiro atoms. The molecule has 2 aromatic rings. The Kier molecular flexibility index (Phi) is 3.59. The Morgan fingerprint density at radius 3 is 2.94 bits per heavy atom. The van der Waals surface area contributed by atoms with E-state index in [-0.39, 0.29) is 0 Å². The van der Waals surface area contributed by atoms with Gasteiger partial charge in [0.2, 0.25) is 0 Å². The van der Waals surface area contributed by atoms with Crippen LogP contribution in [0.2, 0.25) is 25.7 Å². The lowest BCUT2D eigenvalue weighted by molar-refractivity contribution is 0.130. The average molecular weight is 249 g/mol. The third-order valence-electron chi connectivity index (χ3n) is 2.56. The first-order valence-corrected chi connectivity index (χ1v) is 9.62. The number of nitrogens with one attached hydrogen (secondary N) is 1. The van der Waals surface area contributed by atoms with E-state index >= 15 is 0 Å². The molecular weight excluding hydrogens is 230 g/mol. The van der Waals surface area contributed by atoms with E-state index in [1.54, 1.807) is 6.20 Å². The van der Waals surface area contributed by atoms with E-state index in [0.29, 0.717) is 6.61 Å². The summed E-state index contributed by atoms with van der Waals surface area (Å²) in [6, 6.07) is 3.11. The molecule has 0 aromatic carbocycles. The zero-order chi connectivity index (χ0) is 12.3. The lowest BCUT2D eigenvalue weighted by Gasteiger charge is -2.15. The highest BCUT2D eigenvalue weighted by atomic mass is 28.3. The maximum absolute atomic E-state index is 5.64. The molecule has 0 fully saturated rings. The van der Waals surface area contributed by atoms with Gasteiger partial charge in [0.25, 0.3) is 0 Å². The summed E-state index contributed by atoms with van der Waals surface area (Å²) in [5.74, 6) is 0. The van der Waals surface area contributed by atoms with Gasteiger partial charge >= 0.3 is 0 Å². The molecule has 92 valence electrons. The van der Waals surface area contributed by atoms with Gasteiger partial charge in [0, 0.05) is 20.9 Å². The SMILES string of the molecule is C[Si](C)(C)CCOCc1cnc2[nH]ccc2n1. The lowest BCUT2D eigenvalue weighted by atomic mass is 10.4. The van der Waals surface area contributed by atoms with Crippen molar-refractivity contribution < 1.29 is 4.74 Å². The first-order chi connectivity index (χ1) is 8.04. The van der Waals surface area contributed by atoms with Crippen molar-refractivity contribution in [2.75, 3.05) is 6.61 Å². The molecule has 4 nitrogen and oxygen atoms in total. The van der Waals surface area contributed by atoms with Crippen LogP contribution in [0.3, 0.4) is 0 Å². The standard InChI is InChI=1S/C12H19N3OSi/c1-17(2,3)7-6-16-9-10-8-14-12-11(15-10)4-5-13-12/h4-5,8H,6-7,9H2,1-3H3,(H,13,14). The van der Waals surface area contributed by atoms with Crippen LogP contribution in [0.15, 0.2) is 18.5 Å². The van der Waals surface area contributed by atoms with Gasteiger partial charge < -0.3 is 9.72 Å². The second-order valence-corrected chi connectivity index (χ2v) is 11.1. The molecule has 17 heavy (non-hydrogen) atoms. The van der Waals surface area contributed by atoms with E-state index < -0.39 is 8.07 Å². The number of hydrogen-bond acceptors (Lipinski definition) is 3. The molecule has 0 unspecified atom stereocenters. The smallest absolute Gasteiger partial charge is 0.156 e. The summed E-state index contributed by atoms with van der Waals surface area (Å²) in [6.07, 6.45) is 3.62. The number of nitrogens with zero attached hydrogens (tertiary/aromatic N) is 2. The van der Waals surface area contributed by atoms with Crippen molar-refractivity contribution in [1.29, 1.82) is 0 Å². The predicted octanol–water partition coefficient (Wildman–Crippen LogP) is 2.81. The Bertz CT molecular complexity index is 490. The minimum atomic E-state index is -0.994. The Labute approximate surface area is 102 Å². The highest BCUT2D eigenvalue weighted by Gasteiger charge is 2.12. The minimum absolute atomic E-state index is 0.554. The van der Waals surface area contributed by atoms with Crippen LogP contribution in [0.5, 0.6) is 0 Å². The molecule has 0 bridgehead atoms. The molecular formula is C12H19N3OSi. The van der Waals surface area contributed by atoms with Crippen molar-refractivity contribution in [1.82, 2.24) is 15.0 Å². The van der Waals surface area contributed by atoms with Crippen molar-refractivity contribution in [3.63, 3.8) is 0 Å². The molecule has 2 aromatic heterocycles. The first kappa shape index (κ1) is 12.3. The second kappa shape index (κ2) is 4.97. The molecule has 1 N–H and O–H groups in total. The summed E-state index contributed by atoms with van der Waals surface area (Å²) in [7, 11) is -0.994. The highest BCUT2D eigenvalue weighted by Crippen LogP contribution is 2.10. The molecule has 2 heterocycles.